The maximum Gasteiger partial charge on any atom is 0.248 e. The lowest BCUT2D eigenvalue weighted by Crippen LogP contribution is -2.37. The Morgan fingerprint density at radius 3 is 2.83 bits per heavy atom. The first-order chi connectivity index (χ1) is 5.88. The summed E-state index contributed by atoms with van der Waals surface area (Å²) in [7, 11) is 0. The van der Waals surface area contributed by atoms with Gasteiger partial charge in [-0.3, -0.25) is 4.79 Å². The van der Waals surface area contributed by atoms with Gasteiger partial charge in [-0.1, -0.05) is 0 Å². The molecule has 66 valence electrons. The molecule has 4 heteroatoms. The van der Waals surface area contributed by atoms with Gasteiger partial charge in [-0.2, -0.15) is 5.10 Å². The molecule has 1 amide bonds. The van der Waals surface area contributed by atoms with Crippen molar-refractivity contribution in [2.24, 2.45) is 5.10 Å². The van der Waals surface area contributed by atoms with E-state index in [0.717, 1.165) is 26.1 Å². The van der Waals surface area contributed by atoms with Gasteiger partial charge in [0.1, 0.15) is 0 Å². The number of carbonyl (C=O) groups is 1. The van der Waals surface area contributed by atoms with Crippen molar-refractivity contribution >= 4 is 12.1 Å². The van der Waals surface area contributed by atoms with Crippen LogP contribution in [0.5, 0.6) is 0 Å². The smallest absolute Gasteiger partial charge is 0.248 e. The second-order valence-corrected chi connectivity index (χ2v) is 3.08. The molecule has 2 heterocycles. The molecule has 0 bridgehead atoms. The monoisotopic (exact) mass is 168 g/mol. The Hall–Kier alpha value is -0.900. The number of carbonyl (C=O) groups excluding carboxylic acids is 1. The number of rotatable bonds is 1. The first-order valence-electron chi connectivity index (χ1n) is 4.30. The van der Waals surface area contributed by atoms with E-state index >= 15 is 0 Å². The van der Waals surface area contributed by atoms with Crippen LogP contribution in [0, 0.1) is 0 Å². The van der Waals surface area contributed by atoms with Crippen molar-refractivity contribution in [1.29, 1.82) is 0 Å². The molecular weight excluding hydrogens is 156 g/mol. The zero-order valence-corrected chi connectivity index (χ0v) is 6.90. The van der Waals surface area contributed by atoms with Crippen molar-refractivity contribution in [1.82, 2.24) is 5.01 Å². The molecule has 0 aromatic heterocycles. The predicted molar refractivity (Wildman–Crippen MR) is 43.8 cm³/mol. The Kier molecular flexibility index (Phi) is 2.08. The van der Waals surface area contributed by atoms with Gasteiger partial charge in [-0.25, -0.2) is 5.01 Å². The van der Waals surface area contributed by atoms with E-state index in [1.807, 2.05) is 0 Å². The highest BCUT2D eigenvalue weighted by Crippen LogP contribution is 2.17. The van der Waals surface area contributed by atoms with Crippen LogP contribution in [-0.2, 0) is 9.53 Å². The summed E-state index contributed by atoms with van der Waals surface area (Å²) in [6.45, 7) is 1.51. The maximum atomic E-state index is 11.2. The van der Waals surface area contributed by atoms with E-state index in [9.17, 15) is 4.79 Å². The summed E-state index contributed by atoms with van der Waals surface area (Å²) in [6, 6.07) is 0.282. The van der Waals surface area contributed by atoms with E-state index in [0.29, 0.717) is 6.42 Å². The minimum atomic E-state index is 0.127. The summed E-state index contributed by atoms with van der Waals surface area (Å²) in [5, 5.41) is 5.66. The van der Waals surface area contributed by atoms with Crippen molar-refractivity contribution in [3.8, 4) is 0 Å². The minimum Gasteiger partial charge on any atom is -0.381 e. The van der Waals surface area contributed by atoms with Gasteiger partial charge in [0.25, 0.3) is 0 Å². The first-order valence-corrected chi connectivity index (χ1v) is 4.30. The average Bonchev–Trinajstić information content (AvgIpc) is 2.53. The third-order valence-corrected chi connectivity index (χ3v) is 2.26. The quantitative estimate of drug-likeness (QED) is 0.568. The summed E-state index contributed by atoms with van der Waals surface area (Å²) in [6.07, 6.45) is 3.99. The molecule has 4 nitrogen and oxygen atoms in total. The van der Waals surface area contributed by atoms with Crippen LogP contribution in [0.3, 0.4) is 0 Å². The van der Waals surface area contributed by atoms with Gasteiger partial charge in [-0.15, -0.1) is 0 Å². The Labute approximate surface area is 71.2 Å². The zero-order chi connectivity index (χ0) is 8.39. The molecule has 0 radical (unpaired) electrons. The topological polar surface area (TPSA) is 41.9 Å². The Morgan fingerprint density at radius 2 is 2.25 bits per heavy atom. The SMILES string of the molecule is O=C1CC=NN1C1CCOCC1. The van der Waals surface area contributed by atoms with E-state index in [1.165, 1.54) is 0 Å². The third-order valence-electron chi connectivity index (χ3n) is 2.26. The van der Waals surface area contributed by atoms with E-state index < -0.39 is 0 Å². The summed E-state index contributed by atoms with van der Waals surface area (Å²) >= 11 is 0. The Balaban J connectivity index is 1.97. The molecule has 2 aliphatic rings. The van der Waals surface area contributed by atoms with Gasteiger partial charge in [0.05, 0.1) is 12.5 Å². The predicted octanol–water partition coefficient (Wildman–Crippen LogP) is 0.384. The second-order valence-electron chi connectivity index (χ2n) is 3.08. The summed E-state index contributed by atoms with van der Waals surface area (Å²) in [5.41, 5.74) is 0. The maximum absolute atomic E-state index is 11.2. The third kappa shape index (κ3) is 1.34. The fourth-order valence-electron chi connectivity index (χ4n) is 1.59. The van der Waals surface area contributed by atoms with Crippen LogP contribution in [0.2, 0.25) is 0 Å². The molecular formula is C8H12N2O2. The number of hydrazone groups is 1. The number of nitrogens with zero attached hydrogens (tertiary/aromatic N) is 2. The summed E-state index contributed by atoms with van der Waals surface area (Å²) < 4.78 is 5.20. The largest absolute Gasteiger partial charge is 0.381 e. The van der Waals surface area contributed by atoms with Crippen LogP contribution < -0.4 is 0 Å². The van der Waals surface area contributed by atoms with Crippen molar-refractivity contribution in [2.75, 3.05) is 13.2 Å². The lowest BCUT2D eigenvalue weighted by molar-refractivity contribution is -0.132. The minimum absolute atomic E-state index is 0.127. The molecule has 2 rings (SSSR count). The van der Waals surface area contributed by atoms with Gasteiger partial charge in [-0.05, 0) is 12.8 Å². The fourth-order valence-corrected chi connectivity index (χ4v) is 1.59. The first kappa shape index (κ1) is 7.73. The molecule has 1 fully saturated rings. The van der Waals surface area contributed by atoms with Crippen LogP contribution in [0.4, 0.5) is 0 Å². The van der Waals surface area contributed by atoms with Gasteiger partial charge in [0, 0.05) is 19.4 Å². The van der Waals surface area contributed by atoms with Gasteiger partial charge < -0.3 is 4.74 Å². The number of hydrogen-bond donors (Lipinski definition) is 0. The van der Waals surface area contributed by atoms with E-state index in [-0.39, 0.29) is 11.9 Å². The number of hydrogen-bond acceptors (Lipinski definition) is 3. The molecule has 0 aromatic carbocycles. The molecule has 0 unspecified atom stereocenters. The van der Waals surface area contributed by atoms with Crippen LogP contribution in [0.25, 0.3) is 0 Å². The van der Waals surface area contributed by atoms with E-state index in [4.69, 9.17) is 4.74 Å². The fraction of sp³-hybridized carbons (Fsp3) is 0.750. The lowest BCUT2D eigenvalue weighted by atomic mass is 10.1. The standard InChI is InChI=1S/C8H12N2O2/c11-8-1-4-9-10(8)7-2-5-12-6-3-7/h4,7H,1-3,5-6H2. The highest BCUT2D eigenvalue weighted by atomic mass is 16.5. The highest BCUT2D eigenvalue weighted by molar-refractivity contribution is 5.93. The van der Waals surface area contributed by atoms with Crippen molar-refractivity contribution in [3.05, 3.63) is 0 Å². The molecule has 12 heavy (non-hydrogen) atoms. The second kappa shape index (κ2) is 3.23. The Bertz CT molecular complexity index is 209. The molecule has 2 aliphatic heterocycles. The van der Waals surface area contributed by atoms with Gasteiger partial charge in [0.2, 0.25) is 5.91 Å². The number of amides is 1. The number of ether oxygens (including phenoxy) is 1. The van der Waals surface area contributed by atoms with Crippen LogP contribution in [-0.4, -0.2) is 36.4 Å². The van der Waals surface area contributed by atoms with Crippen LogP contribution in [0.15, 0.2) is 5.10 Å². The van der Waals surface area contributed by atoms with E-state index in [2.05, 4.69) is 5.10 Å². The molecule has 0 saturated carbocycles. The highest BCUT2D eigenvalue weighted by Gasteiger charge is 2.27. The Morgan fingerprint density at radius 1 is 1.50 bits per heavy atom. The van der Waals surface area contributed by atoms with E-state index in [1.54, 1.807) is 11.2 Å². The summed E-state index contributed by atoms with van der Waals surface area (Å²) in [4.78, 5) is 11.2. The van der Waals surface area contributed by atoms with Crippen molar-refractivity contribution in [3.63, 3.8) is 0 Å². The molecule has 0 atom stereocenters. The summed E-state index contributed by atoms with van der Waals surface area (Å²) in [5.74, 6) is 0.127. The van der Waals surface area contributed by atoms with Crippen molar-refractivity contribution in [2.45, 2.75) is 25.3 Å². The molecule has 1 saturated heterocycles. The molecule has 0 spiro atoms. The van der Waals surface area contributed by atoms with Crippen LogP contribution in [0.1, 0.15) is 19.3 Å². The molecule has 0 aromatic rings. The van der Waals surface area contributed by atoms with Crippen molar-refractivity contribution < 1.29 is 9.53 Å². The van der Waals surface area contributed by atoms with Crippen LogP contribution >= 0.6 is 0 Å². The van der Waals surface area contributed by atoms with Gasteiger partial charge >= 0.3 is 0 Å². The zero-order valence-electron chi connectivity index (χ0n) is 6.90. The average molecular weight is 168 g/mol. The molecule has 0 aliphatic carbocycles. The van der Waals surface area contributed by atoms with Gasteiger partial charge in [0.15, 0.2) is 0 Å². The normalized spacial score (nSPS) is 25.3. The molecule has 0 N–H and O–H groups in total. The lowest BCUT2D eigenvalue weighted by Gasteiger charge is -2.27.